The van der Waals surface area contributed by atoms with Crippen molar-refractivity contribution in [2.75, 3.05) is 18.4 Å². The third-order valence-electron chi connectivity index (χ3n) is 5.04. The summed E-state index contributed by atoms with van der Waals surface area (Å²) in [6.07, 6.45) is 3.53. The average Bonchev–Trinajstić information content (AvgIpc) is 3.15. The maximum atomic E-state index is 14.6. The molecule has 4 heterocycles. The number of fused-ring (bicyclic) bond motifs is 1. The Kier molecular flexibility index (Phi) is 5.46. The lowest BCUT2D eigenvalue weighted by molar-refractivity contribution is 0.240. The van der Waals surface area contributed by atoms with Crippen LogP contribution in [0.25, 0.3) is 22.7 Å². The van der Waals surface area contributed by atoms with Crippen LogP contribution < -0.4 is 27.6 Å². The van der Waals surface area contributed by atoms with Crippen LogP contribution in [0.15, 0.2) is 36.8 Å². The van der Waals surface area contributed by atoms with Crippen LogP contribution >= 0.6 is 0 Å². The van der Waals surface area contributed by atoms with Crippen LogP contribution in [0, 0.1) is 11.6 Å². The average molecular weight is 418 g/mol. The number of pyridine rings is 2. The van der Waals surface area contributed by atoms with Crippen LogP contribution in [0.1, 0.15) is 12.0 Å². The van der Waals surface area contributed by atoms with Crippen LogP contribution in [0.5, 0.6) is 0 Å². The Hall–Kier alpha value is -3.31. The SMILES string of the molecule is N/C=C(\NN)c1ccn2c(-c3nc(N[C@@H]4CNCC[C@H]4F)c(F)cc3F)cnc2c1. The highest BCUT2D eigenvalue weighted by molar-refractivity contribution is 5.69. The molecule has 0 spiro atoms. The molecule has 4 rings (SSSR count). The number of piperidine rings is 1. The second-order valence-electron chi connectivity index (χ2n) is 6.92. The first-order valence-corrected chi connectivity index (χ1v) is 9.35. The van der Waals surface area contributed by atoms with Gasteiger partial charge in [0.25, 0.3) is 0 Å². The van der Waals surface area contributed by atoms with Gasteiger partial charge < -0.3 is 21.8 Å². The summed E-state index contributed by atoms with van der Waals surface area (Å²) in [5, 5.41) is 5.79. The molecule has 0 saturated carbocycles. The molecule has 0 amide bonds. The largest absolute Gasteiger partial charge is 0.403 e. The molecule has 3 aromatic heterocycles. The Morgan fingerprint density at radius 3 is 2.87 bits per heavy atom. The highest BCUT2D eigenvalue weighted by atomic mass is 19.1. The minimum atomic E-state index is -1.16. The molecule has 158 valence electrons. The van der Waals surface area contributed by atoms with E-state index in [1.807, 2.05) is 0 Å². The normalized spacial score (nSPS) is 19.8. The monoisotopic (exact) mass is 418 g/mol. The van der Waals surface area contributed by atoms with Crippen LogP contribution in [0.3, 0.4) is 0 Å². The highest BCUT2D eigenvalue weighted by Gasteiger charge is 2.26. The number of nitrogens with two attached hydrogens (primary N) is 2. The minimum absolute atomic E-state index is 0.107. The summed E-state index contributed by atoms with van der Waals surface area (Å²) in [6.45, 7) is 0.869. The fourth-order valence-corrected chi connectivity index (χ4v) is 3.44. The van der Waals surface area contributed by atoms with Gasteiger partial charge in [-0.05, 0) is 25.1 Å². The summed E-state index contributed by atoms with van der Waals surface area (Å²) < 4.78 is 44.6. The quantitative estimate of drug-likeness (QED) is 0.315. The first-order chi connectivity index (χ1) is 14.5. The van der Waals surface area contributed by atoms with Crippen molar-refractivity contribution in [3.05, 3.63) is 54.0 Å². The van der Waals surface area contributed by atoms with E-state index in [4.69, 9.17) is 11.6 Å². The molecule has 0 radical (unpaired) electrons. The van der Waals surface area contributed by atoms with Crippen LogP contribution in [-0.4, -0.2) is 39.7 Å². The summed E-state index contributed by atoms with van der Waals surface area (Å²) in [6, 6.07) is 3.48. The lowest BCUT2D eigenvalue weighted by Crippen LogP contribution is -2.46. The van der Waals surface area contributed by atoms with Crippen molar-refractivity contribution in [1.29, 1.82) is 0 Å². The molecule has 1 fully saturated rings. The fourth-order valence-electron chi connectivity index (χ4n) is 3.44. The van der Waals surface area contributed by atoms with E-state index in [-0.39, 0.29) is 11.5 Å². The number of anilines is 1. The van der Waals surface area contributed by atoms with Gasteiger partial charge in [0.1, 0.15) is 17.5 Å². The first kappa shape index (κ1) is 20.0. The lowest BCUT2D eigenvalue weighted by atomic mass is 10.1. The predicted molar refractivity (Wildman–Crippen MR) is 108 cm³/mol. The van der Waals surface area contributed by atoms with Crippen molar-refractivity contribution in [3.8, 4) is 11.4 Å². The number of hydrazine groups is 1. The Morgan fingerprint density at radius 1 is 1.30 bits per heavy atom. The topological polar surface area (TPSA) is 118 Å². The lowest BCUT2D eigenvalue weighted by Gasteiger charge is -2.28. The zero-order valence-electron chi connectivity index (χ0n) is 15.9. The maximum Gasteiger partial charge on any atom is 0.168 e. The molecule has 0 unspecified atom stereocenters. The zero-order valence-corrected chi connectivity index (χ0v) is 15.9. The summed E-state index contributed by atoms with van der Waals surface area (Å²) in [7, 11) is 0. The van der Waals surface area contributed by atoms with E-state index in [1.165, 1.54) is 12.4 Å². The number of imidazole rings is 1. The van der Waals surface area contributed by atoms with Gasteiger partial charge in [0.2, 0.25) is 0 Å². The van der Waals surface area contributed by atoms with E-state index < -0.39 is 23.8 Å². The molecule has 1 saturated heterocycles. The Bertz CT molecular complexity index is 1100. The van der Waals surface area contributed by atoms with Gasteiger partial charge in [0.15, 0.2) is 17.5 Å². The number of halogens is 3. The first-order valence-electron chi connectivity index (χ1n) is 9.35. The molecule has 0 aliphatic carbocycles. The summed E-state index contributed by atoms with van der Waals surface area (Å²) in [5.41, 5.74) is 9.86. The van der Waals surface area contributed by atoms with Crippen LogP contribution in [-0.2, 0) is 0 Å². The number of aromatic nitrogens is 3. The predicted octanol–water partition coefficient (Wildman–Crippen LogP) is 1.51. The van der Waals surface area contributed by atoms with Crippen molar-refractivity contribution in [2.45, 2.75) is 18.6 Å². The third kappa shape index (κ3) is 3.64. The van der Waals surface area contributed by atoms with Gasteiger partial charge in [0, 0.05) is 30.6 Å². The number of nitrogens with one attached hydrogen (secondary N) is 3. The number of rotatable bonds is 5. The third-order valence-corrected chi connectivity index (χ3v) is 5.04. The highest BCUT2D eigenvalue weighted by Crippen LogP contribution is 2.27. The molecule has 11 heteroatoms. The Morgan fingerprint density at radius 2 is 2.13 bits per heavy atom. The molecule has 3 aromatic rings. The van der Waals surface area contributed by atoms with Gasteiger partial charge in [-0.2, -0.15) is 0 Å². The second-order valence-corrected chi connectivity index (χ2v) is 6.92. The van der Waals surface area contributed by atoms with E-state index in [1.54, 1.807) is 22.7 Å². The molecule has 7 N–H and O–H groups in total. The van der Waals surface area contributed by atoms with Gasteiger partial charge in [-0.3, -0.25) is 10.2 Å². The number of nitrogens with zero attached hydrogens (tertiary/aromatic N) is 3. The second kappa shape index (κ2) is 8.20. The molecule has 30 heavy (non-hydrogen) atoms. The Balaban J connectivity index is 1.72. The van der Waals surface area contributed by atoms with Crippen LogP contribution in [0.4, 0.5) is 19.0 Å². The van der Waals surface area contributed by atoms with E-state index in [9.17, 15) is 13.2 Å². The summed E-state index contributed by atoms with van der Waals surface area (Å²) in [4.78, 5) is 8.37. The van der Waals surface area contributed by atoms with E-state index >= 15 is 0 Å². The fraction of sp³-hybridized carbons (Fsp3) is 0.263. The molecule has 0 bridgehead atoms. The van der Waals surface area contributed by atoms with Crippen molar-refractivity contribution in [1.82, 2.24) is 25.1 Å². The van der Waals surface area contributed by atoms with Gasteiger partial charge in [0.05, 0.1) is 23.6 Å². The van der Waals surface area contributed by atoms with E-state index in [2.05, 4.69) is 26.0 Å². The van der Waals surface area contributed by atoms with Crippen molar-refractivity contribution in [3.63, 3.8) is 0 Å². The molecule has 1 aliphatic rings. The van der Waals surface area contributed by atoms with Crippen molar-refractivity contribution < 1.29 is 13.2 Å². The van der Waals surface area contributed by atoms with Gasteiger partial charge >= 0.3 is 0 Å². The smallest absolute Gasteiger partial charge is 0.168 e. The van der Waals surface area contributed by atoms with Gasteiger partial charge in [-0.15, -0.1) is 0 Å². The van der Waals surface area contributed by atoms with Crippen molar-refractivity contribution in [2.24, 2.45) is 11.6 Å². The zero-order chi connectivity index (χ0) is 21.3. The molecular formula is C19H21F3N8. The summed E-state index contributed by atoms with van der Waals surface area (Å²) in [5.74, 6) is 3.48. The van der Waals surface area contributed by atoms with E-state index in [0.29, 0.717) is 42.1 Å². The maximum absolute atomic E-state index is 14.6. The standard InChI is InChI=1S/C19H21F3N8/c20-11-1-3-25-8-15(11)27-19-13(22)6-12(21)18(28-19)16-9-26-17-5-10(2-4-30(16)17)14(7-23)29-24/h2,4-7,9,11,15,25,29H,1,3,8,23-24H2,(H,27,28)/b14-7-/t11-,15-/m1/s1. The number of alkyl halides is 1. The van der Waals surface area contributed by atoms with E-state index in [0.717, 1.165) is 6.07 Å². The number of hydrogen-bond donors (Lipinski definition) is 5. The Labute approximate surface area is 170 Å². The minimum Gasteiger partial charge on any atom is -0.403 e. The van der Waals surface area contributed by atoms with Gasteiger partial charge in [-0.25, -0.2) is 23.1 Å². The molecule has 0 aromatic carbocycles. The summed E-state index contributed by atoms with van der Waals surface area (Å²) >= 11 is 0. The molecular weight excluding hydrogens is 397 g/mol. The molecule has 1 aliphatic heterocycles. The van der Waals surface area contributed by atoms with Crippen LogP contribution in [0.2, 0.25) is 0 Å². The molecule has 2 atom stereocenters. The molecule has 8 nitrogen and oxygen atoms in total. The van der Waals surface area contributed by atoms with Gasteiger partial charge in [-0.1, -0.05) is 0 Å². The van der Waals surface area contributed by atoms with Crippen molar-refractivity contribution >= 4 is 17.2 Å². The number of hydrogen-bond acceptors (Lipinski definition) is 7.